The number of aromatic hydroxyl groups is 2. The highest BCUT2D eigenvalue weighted by Crippen LogP contribution is 2.34. The van der Waals surface area contributed by atoms with Gasteiger partial charge in [0.25, 0.3) is 11.8 Å². The summed E-state index contributed by atoms with van der Waals surface area (Å²) in [6.07, 6.45) is 0. The van der Waals surface area contributed by atoms with Crippen LogP contribution in [-0.2, 0) is 0 Å². The molecule has 0 bridgehead atoms. The number of anilines is 2. The van der Waals surface area contributed by atoms with Crippen LogP contribution in [0.25, 0.3) is 11.1 Å². The van der Waals surface area contributed by atoms with Gasteiger partial charge in [0, 0.05) is 11.1 Å². The zero-order valence-corrected chi connectivity index (χ0v) is 16.9. The van der Waals surface area contributed by atoms with E-state index in [2.05, 4.69) is 10.6 Å². The fourth-order valence-electron chi connectivity index (χ4n) is 3.20. The summed E-state index contributed by atoms with van der Waals surface area (Å²) < 4.78 is 0. The van der Waals surface area contributed by atoms with E-state index in [1.54, 1.807) is 72.8 Å². The smallest absolute Gasteiger partial charge is 0.255 e. The SMILES string of the molecule is O=C(Nc1ccc(-c2ccc(NC(=O)c3ccccc3)c(O)c2)cc1O)c1ccccc1. The van der Waals surface area contributed by atoms with E-state index in [-0.39, 0.29) is 34.7 Å². The van der Waals surface area contributed by atoms with Crippen molar-refractivity contribution in [3.8, 4) is 22.6 Å². The van der Waals surface area contributed by atoms with Gasteiger partial charge in [-0.3, -0.25) is 9.59 Å². The number of phenols is 2. The molecular weight excluding hydrogens is 404 g/mol. The molecule has 0 aliphatic carbocycles. The van der Waals surface area contributed by atoms with Gasteiger partial charge in [-0.2, -0.15) is 0 Å². The molecule has 0 radical (unpaired) electrons. The maximum atomic E-state index is 12.3. The van der Waals surface area contributed by atoms with E-state index in [1.165, 1.54) is 12.1 Å². The normalized spacial score (nSPS) is 10.4. The van der Waals surface area contributed by atoms with Crippen LogP contribution >= 0.6 is 0 Å². The van der Waals surface area contributed by atoms with Crippen molar-refractivity contribution in [1.82, 2.24) is 0 Å². The van der Waals surface area contributed by atoms with E-state index in [9.17, 15) is 19.8 Å². The maximum Gasteiger partial charge on any atom is 0.255 e. The van der Waals surface area contributed by atoms with E-state index in [4.69, 9.17) is 0 Å². The van der Waals surface area contributed by atoms with Crippen LogP contribution in [0.2, 0.25) is 0 Å². The van der Waals surface area contributed by atoms with Gasteiger partial charge in [0.2, 0.25) is 0 Å². The summed E-state index contributed by atoms with van der Waals surface area (Å²) in [6, 6.07) is 27.0. The third kappa shape index (κ3) is 4.60. The molecule has 4 aromatic rings. The Kier molecular flexibility index (Phi) is 5.85. The third-order valence-corrected chi connectivity index (χ3v) is 4.90. The van der Waals surface area contributed by atoms with Crippen molar-refractivity contribution in [3.05, 3.63) is 108 Å². The average Bonchev–Trinajstić information content (AvgIpc) is 2.82. The lowest BCUT2D eigenvalue weighted by Crippen LogP contribution is -2.11. The first-order chi connectivity index (χ1) is 15.5. The Balaban J connectivity index is 1.50. The summed E-state index contributed by atoms with van der Waals surface area (Å²) in [6.45, 7) is 0. The molecule has 0 spiro atoms. The van der Waals surface area contributed by atoms with Crippen LogP contribution in [-0.4, -0.2) is 22.0 Å². The summed E-state index contributed by atoms with van der Waals surface area (Å²) in [5.74, 6) is -0.866. The Morgan fingerprint density at radius 1 is 0.531 bits per heavy atom. The van der Waals surface area contributed by atoms with E-state index in [0.717, 1.165) is 0 Å². The van der Waals surface area contributed by atoms with Crippen LogP contribution in [0.5, 0.6) is 11.5 Å². The number of phenolic OH excluding ortho intramolecular Hbond substituents is 2. The summed E-state index contributed by atoms with van der Waals surface area (Å²) in [5, 5.41) is 26.1. The third-order valence-electron chi connectivity index (χ3n) is 4.90. The van der Waals surface area contributed by atoms with Crippen LogP contribution in [0, 0.1) is 0 Å². The van der Waals surface area contributed by atoms with Crippen molar-refractivity contribution in [2.45, 2.75) is 0 Å². The van der Waals surface area contributed by atoms with Crippen molar-refractivity contribution in [1.29, 1.82) is 0 Å². The van der Waals surface area contributed by atoms with Crippen LogP contribution < -0.4 is 10.6 Å². The topological polar surface area (TPSA) is 98.7 Å². The van der Waals surface area contributed by atoms with Gasteiger partial charge in [0.05, 0.1) is 11.4 Å². The molecule has 6 heteroatoms. The molecule has 4 aromatic carbocycles. The molecule has 2 amide bonds. The van der Waals surface area contributed by atoms with Crippen LogP contribution in [0.15, 0.2) is 97.1 Å². The first kappa shape index (κ1) is 20.7. The lowest BCUT2D eigenvalue weighted by atomic mass is 10.0. The molecule has 4 N–H and O–H groups in total. The minimum absolute atomic E-state index is 0.104. The zero-order valence-electron chi connectivity index (χ0n) is 16.9. The Bertz CT molecular complexity index is 1170. The molecule has 4 rings (SSSR count). The molecule has 0 saturated heterocycles. The highest BCUT2D eigenvalue weighted by Gasteiger charge is 2.12. The van der Waals surface area contributed by atoms with E-state index in [1.807, 2.05) is 12.1 Å². The summed E-state index contributed by atoms with van der Waals surface area (Å²) >= 11 is 0. The maximum absolute atomic E-state index is 12.3. The molecule has 0 heterocycles. The van der Waals surface area contributed by atoms with Gasteiger partial charge in [-0.1, -0.05) is 48.5 Å². The second kappa shape index (κ2) is 9.06. The average molecular weight is 424 g/mol. The summed E-state index contributed by atoms with van der Waals surface area (Å²) in [7, 11) is 0. The van der Waals surface area contributed by atoms with Gasteiger partial charge in [-0.05, 0) is 59.7 Å². The van der Waals surface area contributed by atoms with Gasteiger partial charge in [0.1, 0.15) is 11.5 Å². The standard InChI is InChI=1S/C26H20N2O4/c29-23-15-19(11-13-21(23)27-25(31)17-7-3-1-4-8-17)20-12-14-22(24(30)16-20)28-26(32)18-9-5-2-6-10-18/h1-16,29-30H,(H,27,31)(H,28,32). The molecule has 158 valence electrons. The predicted molar refractivity (Wildman–Crippen MR) is 124 cm³/mol. The number of carbonyl (C=O) groups excluding carboxylic acids is 2. The van der Waals surface area contributed by atoms with E-state index >= 15 is 0 Å². The van der Waals surface area contributed by atoms with Crippen molar-refractivity contribution in [3.63, 3.8) is 0 Å². The van der Waals surface area contributed by atoms with Crippen molar-refractivity contribution in [2.24, 2.45) is 0 Å². The Labute approximate surface area is 184 Å². The molecule has 0 fully saturated rings. The number of nitrogens with one attached hydrogen (secondary N) is 2. The van der Waals surface area contributed by atoms with E-state index < -0.39 is 0 Å². The van der Waals surface area contributed by atoms with Crippen LogP contribution in [0.3, 0.4) is 0 Å². The minimum atomic E-state index is -0.329. The largest absolute Gasteiger partial charge is 0.506 e. The van der Waals surface area contributed by atoms with Gasteiger partial charge in [-0.25, -0.2) is 0 Å². The fraction of sp³-hybridized carbons (Fsp3) is 0. The van der Waals surface area contributed by atoms with Gasteiger partial charge >= 0.3 is 0 Å². The highest BCUT2D eigenvalue weighted by molar-refractivity contribution is 6.06. The summed E-state index contributed by atoms with van der Waals surface area (Å²) in [5.41, 5.74) is 2.79. The monoisotopic (exact) mass is 424 g/mol. The van der Waals surface area contributed by atoms with Crippen molar-refractivity contribution < 1.29 is 19.8 Å². The molecule has 0 aromatic heterocycles. The Hall–Kier alpha value is -4.58. The highest BCUT2D eigenvalue weighted by atomic mass is 16.3. The fourth-order valence-corrected chi connectivity index (χ4v) is 3.20. The van der Waals surface area contributed by atoms with Crippen LogP contribution in [0.1, 0.15) is 20.7 Å². The quantitative estimate of drug-likeness (QED) is 0.328. The van der Waals surface area contributed by atoms with Crippen molar-refractivity contribution >= 4 is 23.2 Å². The summed E-state index contributed by atoms with van der Waals surface area (Å²) in [4.78, 5) is 24.6. The minimum Gasteiger partial charge on any atom is -0.506 e. The van der Waals surface area contributed by atoms with Crippen LogP contribution in [0.4, 0.5) is 11.4 Å². The molecule has 32 heavy (non-hydrogen) atoms. The molecular formula is C26H20N2O4. The number of hydrogen-bond donors (Lipinski definition) is 4. The Morgan fingerprint density at radius 3 is 1.25 bits per heavy atom. The molecule has 0 unspecified atom stereocenters. The van der Waals surface area contributed by atoms with Gasteiger partial charge in [-0.15, -0.1) is 0 Å². The first-order valence-electron chi connectivity index (χ1n) is 9.90. The molecule has 0 aliphatic rings. The second-order valence-corrected chi connectivity index (χ2v) is 7.10. The molecule has 6 nitrogen and oxygen atoms in total. The lowest BCUT2D eigenvalue weighted by Gasteiger charge is -2.12. The van der Waals surface area contributed by atoms with Gasteiger partial charge < -0.3 is 20.8 Å². The second-order valence-electron chi connectivity index (χ2n) is 7.10. The van der Waals surface area contributed by atoms with Gasteiger partial charge in [0.15, 0.2) is 0 Å². The number of carbonyl (C=O) groups is 2. The molecule has 0 saturated carbocycles. The molecule has 0 aliphatic heterocycles. The number of amides is 2. The van der Waals surface area contributed by atoms with E-state index in [0.29, 0.717) is 22.3 Å². The lowest BCUT2D eigenvalue weighted by molar-refractivity contribution is 0.101. The number of benzene rings is 4. The Morgan fingerprint density at radius 2 is 0.906 bits per heavy atom. The van der Waals surface area contributed by atoms with Crippen molar-refractivity contribution in [2.75, 3.05) is 10.6 Å². The number of hydrogen-bond acceptors (Lipinski definition) is 4. The number of rotatable bonds is 5. The predicted octanol–water partition coefficient (Wildman–Crippen LogP) is 5.27. The zero-order chi connectivity index (χ0) is 22.5. The molecule has 0 atom stereocenters. The first-order valence-corrected chi connectivity index (χ1v) is 9.90.